The average molecular weight is 355 g/mol. The maximum absolute atomic E-state index is 12.3. The third kappa shape index (κ3) is 3.68. The van der Waals surface area contributed by atoms with Crippen LogP contribution in [-0.4, -0.2) is 50.0 Å². The van der Waals surface area contributed by atoms with Crippen LogP contribution < -0.4 is 10.2 Å². The maximum atomic E-state index is 12.3. The van der Waals surface area contributed by atoms with E-state index in [1.54, 1.807) is 12.4 Å². The topological polar surface area (TPSA) is 88.8 Å². The molecule has 1 amide bonds. The predicted octanol–water partition coefficient (Wildman–Crippen LogP) is 1.89. The number of nitrogens with zero attached hydrogens (tertiary/aromatic N) is 6. The number of rotatable bonds is 4. The first-order valence-corrected chi connectivity index (χ1v) is 9.46. The summed E-state index contributed by atoms with van der Waals surface area (Å²) < 4.78 is 1.85. The van der Waals surface area contributed by atoms with E-state index in [9.17, 15) is 4.79 Å². The molecule has 1 aliphatic carbocycles. The van der Waals surface area contributed by atoms with Crippen molar-refractivity contribution in [3.05, 3.63) is 30.0 Å². The van der Waals surface area contributed by atoms with Gasteiger partial charge in [-0.3, -0.25) is 4.79 Å². The maximum Gasteiger partial charge on any atom is 0.273 e. The number of carbonyl (C=O) groups is 1. The summed E-state index contributed by atoms with van der Waals surface area (Å²) in [6.45, 7) is 3.72. The van der Waals surface area contributed by atoms with E-state index in [2.05, 4.69) is 30.5 Å². The second-order valence-electron chi connectivity index (χ2n) is 7.22. The molecule has 2 aromatic heterocycles. The molecule has 0 bridgehead atoms. The van der Waals surface area contributed by atoms with E-state index in [0.29, 0.717) is 11.7 Å². The number of nitrogens with one attached hydrogen (secondary N) is 1. The lowest BCUT2D eigenvalue weighted by Crippen LogP contribution is -2.35. The van der Waals surface area contributed by atoms with E-state index in [-0.39, 0.29) is 11.9 Å². The smallest absolute Gasteiger partial charge is 0.273 e. The second-order valence-corrected chi connectivity index (χ2v) is 7.22. The SMILES string of the molecule is Cc1nccc(N2CCC(n3cc(C(=O)NC4CCCC4)nn3)CC2)n1. The number of hydrogen-bond donors (Lipinski definition) is 1. The van der Waals surface area contributed by atoms with Gasteiger partial charge in [-0.25, -0.2) is 14.6 Å². The Morgan fingerprint density at radius 3 is 2.69 bits per heavy atom. The van der Waals surface area contributed by atoms with Crippen molar-refractivity contribution in [1.29, 1.82) is 0 Å². The summed E-state index contributed by atoms with van der Waals surface area (Å²) >= 11 is 0. The standard InChI is InChI=1S/C18H25N7O/c1-13-19-9-6-17(20-13)24-10-7-15(8-11-24)25-12-16(22-23-25)18(26)21-14-4-2-3-5-14/h6,9,12,14-15H,2-5,7-8,10-11H2,1H3,(H,21,26). The molecular weight excluding hydrogens is 330 g/mol. The molecular formula is C18H25N7O. The van der Waals surface area contributed by atoms with Crippen LogP contribution in [0.2, 0.25) is 0 Å². The quantitative estimate of drug-likeness (QED) is 0.901. The van der Waals surface area contributed by atoms with Crippen LogP contribution in [0.15, 0.2) is 18.5 Å². The summed E-state index contributed by atoms with van der Waals surface area (Å²) in [5, 5.41) is 11.4. The largest absolute Gasteiger partial charge is 0.356 e. The predicted molar refractivity (Wildman–Crippen MR) is 97.0 cm³/mol. The minimum Gasteiger partial charge on any atom is -0.356 e. The fourth-order valence-corrected chi connectivity index (χ4v) is 3.87. The Bertz CT molecular complexity index is 760. The van der Waals surface area contributed by atoms with Gasteiger partial charge in [0.15, 0.2) is 5.69 Å². The zero-order valence-electron chi connectivity index (χ0n) is 15.1. The molecule has 2 aromatic rings. The van der Waals surface area contributed by atoms with Crippen molar-refractivity contribution in [2.45, 2.75) is 57.5 Å². The van der Waals surface area contributed by atoms with E-state index in [0.717, 1.165) is 50.4 Å². The number of aryl methyl sites for hydroxylation is 1. The van der Waals surface area contributed by atoms with E-state index in [1.165, 1.54) is 12.8 Å². The Hall–Kier alpha value is -2.51. The molecule has 0 atom stereocenters. The van der Waals surface area contributed by atoms with Crippen molar-refractivity contribution in [2.75, 3.05) is 18.0 Å². The second kappa shape index (κ2) is 7.39. The number of hydrogen-bond acceptors (Lipinski definition) is 6. The van der Waals surface area contributed by atoms with Crippen molar-refractivity contribution in [2.24, 2.45) is 0 Å². The molecule has 0 unspecified atom stereocenters. The molecule has 26 heavy (non-hydrogen) atoms. The summed E-state index contributed by atoms with van der Waals surface area (Å²) in [6.07, 6.45) is 10.0. The molecule has 2 fully saturated rings. The lowest BCUT2D eigenvalue weighted by molar-refractivity contribution is 0.0932. The van der Waals surface area contributed by atoms with Crippen LogP contribution in [0.1, 0.15) is 60.9 Å². The van der Waals surface area contributed by atoms with Crippen LogP contribution in [-0.2, 0) is 0 Å². The van der Waals surface area contributed by atoms with Gasteiger partial charge in [0.1, 0.15) is 11.6 Å². The monoisotopic (exact) mass is 355 g/mol. The number of carbonyl (C=O) groups excluding carboxylic acids is 1. The van der Waals surface area contributed by atoms with Gasteiger partial charge in [-0.2, -0.15) is 0 Å². The zero-order valence-corrected chi connectivity index (χ0v) is 15.1. The Labute approximate surface area is 153 Å². The van der Waals surface area contributed by atoms with Crippen molar-refractivity contribution < 1.29 is 4.79 Å². The fraction of sp³-hybridized carbons (Fsp3) is 0.611. The van der Waals surface area contributed by atoms with Crippen LogP contribution in [0.25, 0.3) is 0 Å². The van der Waals surface area contributed by atoms with Crippen LogP contribution in [0.5, 0.6) is 0 Å². The number of amides is 1. The first-order valence-electron chi connectivity index (χ1n) is 9.46. The van der Waals surface area contributed by atoms with Crippen molar-refractivity contribution >= 4 is 11.7 Å². The normalized spacial score (nSPS) is 19.0. The van der Waals surface area contributed by atoms with Crippen LogP contribution in [0.3, 0.4) is 0 Å². The van der Waals surface area contributed by atoms with Crippen molar-refractivity contribution in [1.82, 2.24) is 30.3 Å². The minimum atomic E-state index is -0.1000. The Morgan fingerprint density at radius 2 is 1.96 bits per heavy atom. The molecule has 1 saturated carbocycles. The highest BCUT2D eigenvalue weighted by molar-refractivity contribution is 5.92. The van der Waals surface area contributed by atoms with Crippen LogP contribution in [0, 0.1) is 6.92 Å². The number of piperidine rings is 1. The molecule has 8 heteroatoms. The zero-order chi connectivity index (χ0) is 17.9. The molecule has 8 nitrogen and oxygen atoms in total. The van der Waals surface area contributed by atoms with Gasteiger partial charge in [0.05, 0.1) is 12.2 Å². The molecule has 0 spiro atoms. The van der Waals surface area contributed by atoms with Gasteiger partial charge in [0.2, 0.25) is 0 Å². The molecule has 3 heterocycles. The summed E-state index contributed by atoms with van der Waals surface area (Å²) in [5.41, 5.74) is 0.422. The molecule has 1 aliphatic heterocycles. The third-order valence-corrected chi connectivity index (χ3v) is 5.36. The van der Waals surface area contributed by atoms with Gasteiger partial charge in [0.25, 0.3) is 5.91 Å². The van der Waals surface area contributed by atoms with Gasteiger partial charge in [-0.05, 0) is 38.7 Å². The summed E-state index contributed by atoms with van der Waals surface area (Å²) in [5.74, 6) is 1.67. The van der Waals surface area contributed by atoms with Gasteiger partial charge in [0, 0.05) is 25.3 Å². The number of anilines is 1. The molecule has 2 aliphatic rings. The first kappa shape index (κ1) is 16.9. The Balaban J connectivity index is 1.34. The van der Waals surface area contributed by atoms with E-state index < -0.39 is 0 Å². The number of aromatic nitrogens is 5. The fourth-order valence-electron chi connectivity index (χ4n) is 3.87. The highest BCUT2D eigenvalue weighted by atomic mass is 16.2. The lowest BCUT2D eigenvalue weighted by atomic mass is 10.1. The summed E-state index contributed by atoms with van der Waals surface area (Å²) in [6, 6.07) is 2.52. The molecule has 1 saturated heterocycles. The molecule has 138 valence electrons. The summed E-state index contributed by atoms with van der Waals surface area (Å²) in [4.78, 5) is 23.2. The molecule has 0 radical (unpaired) electrons. The highest BCUT2D eigenvalue weighted by Crippen LogP contribution is 2.25. The van der Waals surface area contributed by atoms with E-state index in [4.69, 9.17) is 0 Å². The average Bonchev–Trinajstić information content (AvgIpc) is 3.34. The first-order chi connectivity index (χ1) is 12.7. The van der Waals surface area contributed by atoms with E-state index in [1.807, 2.05) is 17.7 Å². The van der Waals surface area contributed by atoms with Gasteiger partial charge >= 0.3 is 0 Å². The van der Waals surface area contributed by atoms with Gasteiger partial charge in [-0.1, -0.05) is 18.1 Å². The van der Waals surface area contributed by atoms with Gasteiger partial charge in [-0.15, -0.1) is 5.10 Å². The molecule has 4 rings (SSSR count). The van der Waals surface area contributed by atoms with Crippen molar-refractivity contribution in [3.63, 3.8) is 0 Å². The Morgan fingerprint density at radius 1 is 1.19 bits per heavy atom. The summed E-state index contributed by atoms with van der Waals surface area (Å²) in [7, 11) is 0. The van der Waals surface area contributed by atoms with Crippen molar-refractivity contribution in [3.8, 4) is 0 Å². The van der Waals surface area contributed by atoms with Crippen LogP contribution in [0.4, 0.5) is 5.82 Å². The van der Waals surface area contributed by atoms with Crippen LogP contribution >= 0.6 is 0 Å². The molecule has 1 N–H and O–H groups in total. The Kier molecular flexibility index (Phi) is 4.81. The minimum absolute atomic E-state index is 0.1000. The molecule has 0 aromatic carbocycles. The van der Waals surface area contributed by atoms with Gasteiger partial charge < -0.3 is 10.2 Å². The highest BCUT2D eigenvalue weighted by Gasteiger charge is 2.24. The third-order valence-electron chi connectivity index (χ3n) is 5.36. The van der Waals surface area contributed by atoms with E-state index >= 15 is 0 Å². The lowest BCUT2D eigenvalue weighted by Gasteiger charge is -2.32.